The van der Waals surface area contributed by atoms with Gasteiger partial charge in [-0.05, 0) is 48.4 Å². The molecule has 0 aliphatic carbocycles. The van der Waals surface area contributed by atoms with E-state index in [0.717, 1.165) is 11.1 Å². The van der Waals surface area contributed by atoms with E-state index in [-0.39, 0.29) is 12.5 Å². The van der Waals surface area contributed by atoms with Crippen molar-refractivity contribution in [3.8, 4) is 5.75 Å². The fourth-order valence-electron chi connectivity index (χ4n) is 1.52. The minimum absolute atomic E-state index is 0.116. The summed E-state index contributed by atoms with van der Waals surface area (Å²) in [6.45, 7) is 1.75. The van der Waals surface area contributed by atoms with E-state index in [1.165, 1.54) is 6.21 Å². The first-order valence-electron chi connectivity index (χ1n) is 6.26. The first kappa shape index (κ1) is 15.0. The summed E-state index contributed by atoms with van der Waals surface area (Å²) in [5, 5.41) is 4.49. The molecule has 0 aliphatic rings. The minimum atomic E-state index is -0.340. The van der Waals surface area contributed by atoms with Crippen molar-refractivity contribution >= 4 is 23.7 Å². The number of nitrogens with one attached hydrogen (secondary N) is 1. The first-order valence-corrected chi connectivity index (χ1v) is 6.64. The lowest BCUT2D eigenvalue weighted by Gasteiger charge is -2.06. The van der Waals surface area contributed by atoms with E-state index in [0.29, 0.717) is 10.8 Å². The van der Waals surface area contributed by atoms with Gasteiger partial charge in [-0.3, -0.25) is 9.78 Å². The molecule has 5 nitrogen and oxygen atoms in total. The standard InChI is InChI=1S/C15H14ClN3O2/c1-11-8-13(2-3-14(11)16)21-10-15(20)19-18-9-12-4-6-17-7-5-12/h2-9H,10H2,1H3,(H,19,20)/b18-9+. The maximum atomic E-state index is 11.6. The van der Waals surface area contributed by atoms with E-state index >= 15 is 0 Å². The average molecular weight is 304 g/mol. The number of aromatic nitrogens is 1. The predicted molar refractivity (Wildman–Crippen MR) is 81.7 cm³/mol. The summed E-state index contributed by atoms with van der Waals surface area (Å²) in [5.41, 5.74) is 4.13. The Bertz CT molecular complexity index is 645. The van der Waals surface area contributed by atoms with Gasteiger partial charge in [-0.15, -0.1) is 0 Å². The van der Waals surface area contributed by atoms with Crippen LogP contribution in [0.5, 0.6) is 5.75 Å². The molecule has 0 atom stereocenters. The average Bonchev–Trinajstić information content (AvgIpc) is 2.49. The molecule has 0 spiro atoms. The van der Waals surface area contributed by atoms with Crippen LogP contribution in [0.25, 0.3) is 0 Å². The second kappa shape index (κ2) is 7.40. The van der Waals surface area contributed by atoms with Crippen LogP contribution >= 0.6 is 11.6 Å². The van der Waals surface area contributed by atoms with Crippen LogP contribution in [0, 0.1) is 6.92 Å². The number of carbonyl (C=O) groups excluding carboxylic acids is 1. The van der Waals surface area contributed by atoms with Crippen molar-refractivity contribution in [3.05, 3.63) is 58.9 Å². The highest BCUT2D eigenvalue weighted by Gasteiger charge is 2.03. The third-order valence-electron chi connectivity index (χ3n) is 2.61. The van der Waals surface area contributed by atoms with Crippen molar-refractivity contribution in [1.29, 1.82) is 0 Å². The molecule has 1 aromatic heterocycles. The molecule has 6 heteroatoms. The number of amides is 1. The molecule has 1 aromatic carbocycles. The quantitative estimate of drug-likeness (QED) is 0.682. The molecule has 1 N–H and O–H groups in total. The van der Waals surface area contributed by atoms with E-state index < -0.39 is 0 Å². The van der Waals surface area contributed by atoms with Crippen molar-refractivity contribution < 1.29 is 9.53 Å². The largest absolute Gasteiger partial charge is 0.484 e. The summed E-state index contributed by atoms with van der Waals surface area (Å²) in [5.74, 6) is 0.248. The molecule has 0 saturated heterocycles. The maximum Gasteiger partial charge on any atom is 0.277 e. The van der Waals surface area contributed by atoms with E-state index in [1.54, 1.807) is 42.7 Å². The molecule has 0 radical (unpaired) electrons. The normalized spacial score (nSPS) is 10.6. The Balaban J connectivity index is 1.79. The highest BCUT2D eigenvalue weighted by molar-refractivity contribution is 6.31. The van der Waals surface area contributed by atoms with Crippen molar-refractivity contribution in [2.75, 3.05) is 6.61 Å². The molecule has 0 aliphatic heterocycles. The van der Waals surface area contributed by atoms with Crippen LogP contribution in [0.15, 0.2) is 47.8 Å². The molecule has 0 saturated carbocycles. The van der Waals surface area contributed by atoms with Gasteiger partial charge in [-0.25, -0.2) is 5.43 Å². The number of carbonyl (C=O) groups is 1. The monoisotopic (exact) mass is 303 g/mol. The molecular weight excluding hydrogens is 290 g/mol. The number of nitrogens with zero attached hydrogens (tertiary/aromatic N) is 2. The van der Waals surface area contributed by atoms with Gasteiger partial charge in [0.2, 0.25) is 0 Å². The van der Waals surface area contributed by atoms with Crippen LogP contribution in [-0.2, 0) is 4.79 Å². The molecule has 2 aromatic rings. The summed E-state index contributed by atoms with van der Waals surface area (Å²) in [4.78, 5) is 15.5. The SMILES string of the molecule is Cc1cc(OCC(=O)N/N=C/c2ccncc2)ccc1Cl. The number of aryl methyl sites for hydroxylation is 1. The number of ether oxygens (including phenoxy) is 1. The van der Waals surface area contributed by atoms with Crippen LogP contribution in [0.4, 0.5) is 0 Å². The van der Waals surface area contributed by atoms with Crippen LogP contribution in [-0.4, -0.2) is 23.7 Å². The van der Waals surface area contributed by atoms with Gasteiger partial charge < -0.3 is 4.74 Å². The van der Waals surface area contributed by atoms with Crippen LogP contribution in [0.2, 0.25) is 5.02 Å². The van der Waals surface area contributed by atoms with Gasteiger partial charge >= 0.3 is 0 Å². The first-order chi connectivity index (χ1) is 10.1. The number of pyridine rings is 1. The van der Waals surface area contributed by atoms with Gasteiger partial charge in [-0.2, -0.15) is 5.10 Å². The van der Waals surface area contributed by atoms with Crippen molar-refractivity contribution in [2.24, 2.45) is 5.10 Å². The molecule has 21 heavy (non-hydrogen) atoms. The Morgan fingerprint density at radius 3 is 2.86 bits per heavy atom. The van der Waals surface area contributed by atoms with Gasteiger partial charge in [0, 0.05) is 17.4 Å². The van der Waals surface area contributed by atoms with Gasteiger partial charge in [0.15, 0.2) is 6.61 Å². The predicted octanol–water partition coefficient (Wildman–Crippen LogP) is 2.57. The van der Waals surface area contributed by atoms with Crippen molar-refractivity contribution in [2.45, 2.75) is 6.92 Å². The van der Waals surface area contributed by atoms with Crippen molar-refractivity contribution in [1.82, 2.24) is 10.4 Å². The van der Waals surface area contributed by atoms with E-state index in [9.17, 15) is 4.79 Å². The molecule has 0 bridgehead atoms. The van der Waals surface area contributed by atoms with E-state index in [1.807, 2.05) is 6.92 Å². The summed E-state index contributed by atoms with van der Waals surface area (Å²) in [6.07, 6.45) is 4.83. The topological polar surface area (TPSA) is 63.6 Å². The molecule has 0 fully saturated rings. The summed E-state index contributed by atoms with van der Waals surface area (Å²) in [6, 6.07) is 8.77. The highest BCUT2D eigenvalue weighted by atomic mass is 35.5. The summed E-state index contributed by atoms with van der Waals surface area (Å²) < 4.78 is 5.35. The Labute approximate surface area is 127 Å². The summed E-state index contributed by atoms with van der Waals surface area (Å²) >= 11 is 5.91. The number of hydrazone groups is 1. The fourth-order valence-corrected chi connectivity index (χ4v) is 1.63. The number of rotatable bonds is 5. The Hall–Kier alpha value is -2.40. The Morgan fingerprint density at radius 2 is 2.14 bits per heavy atom. The molecule has 108 valence electrons. The van der Waals surface area contributed by atoms with E-state index in [4.69, 9.17) is 16.3 Å². The number of hydrogen-bond donors (Lipinski definition) is 1. The molecule has 0 unspecified atom stereocenters. The maximum absolute atomic E-state index is 11.6. The number of hydrogen-bond acceptors (Lipinski definition) is 4. The van der Waals surface area contributed by atoms with Gasteiger partial charge in [-0.1, -0.05) is 11.6 Å². The summed E-state index contributed by atoms with van der Waals surface area (Å²) in [7, 11) is 0. The lowest BCUT2D eigenvalue weighted by atomic mass is 10.2. The second-order valence-corrected chi connectivity index (χ2v) is 4.68. The number of benzene rings is 1. The van der Waals surface area contributed by atoms with Crippen LogP contribution in [0.3, 0.4) is 0 Å². The molecular formula is C15H14ClN3O2. The van der Waals surface area contributed by atoms with E-state index in [2.05, 4.69) is 15.5 Å². The lowest BCUT2D eigenvalue weighted by molar-refractivity contribution is -0.123. The van der Waals surface area contributed by atoms with Gasteiger partial charge in [0.25, 0.3) is 5.91 Å². The molecule has 1 amide bonds. The van der Waals surface area contributed by atoms with Gasteiger partial charge in [0.1, 0.15) is 5.75 Å². The smallest absolute Gasteiger partial charge is 0.277 e. The zero-order valence-electron chi connectivity index (χ0n) is 11.4. The molecule has 2 rings (SSSR count). The van der Waals surface area contributed by atoms with Crippen molar-refractivity contribution in [3.63, 3.8) is 0 Å². The molecule has 1 heterocycles. The fraction of sp³-hybridized carbons (Fsp3) is 0.133. The highest BCUT2D eigenvalue weighted by Crippen LogP contribution is 2.20. The van der Waals surface area contributed by atoms with Crippen LogP contribution < -0.4 is 10.2 Å². The third-order valence-corrected chi connectivity index (χ3v) is 3.03. The zero-order chi connectivity index (χ0) is 15.1. The lowest BCUT2D eigenvalue weighted by Crippen LogP contribution is -2.24. The third kappa shape index (κ3) is 4.89. The minimum Gasteiger partial charge on any atom is -0.484 e. The van der Waals surface area contributed by atoms with Crippen LogP contribution in [0.1, 0.15) is 11.1 Å². The van der Waals surface area contributed by atoms with Gasteiger partial charge in [0.05, 0.1) is 6.21 Å². The zero-order valence-corrected chi connectivity index (χ0v) is 12.2. The number of halogens is 1. The Morgan fingerprint density at radius 1 is 1.38 bits per heavy atom. The second-order valence-electron chi connectivity index (χ2n) is 4.27. The Kier molecular flexibility index (Phi) is 5.29.